The molecule has 106 valence electrons. The maximum Gasteiger partial charge on any atom is 0.143 e. The van der Waals surface area contributed by atoms with E-state index in [0.717, 1.165) is 21.2 Å². The first-order valence-corrected chi connectivity index (χ1v) is 8.68. The second kappa shape index (κ2) is 6.79. The van der Waals surface area contributed by atoms with Crippen LogP contribution in [-0.2, 0) is 5.75 Å². The van der Waals surface area contributed by atoms with Crippen LogP contribution in [0.5, 0.6) is 0 Å². The molecule has 0 aliphatic rings. The van der Waals surface area contributed by atoms with Crippen LogP contribution in [0.2, 0.25) is 10.0 Å². The minimum Gasteiger partial charge on any atom is -0.223 e. The fourth-order valence-electron chi connectivity index (χ4n) is 1.82. The number of hydrogen-bond donors (Lipinski definition) is 0. The van der Waals surface area contributed by atoms with Crippen molar-refractivity contribution in [1.82, 2.24) is 9.36 Å². The molecule has 3 rings (SSSR count). The number of nitrogens with zero attached hydrogens (tertiary/aromatic N) is 2. The summed E-state index contributed by atoms with van der Waals surface area (Å²) in [7, 11) is 0. The van der Waals surface area contributed by atoms with Crippen molar-refractivity contribution in [1.29, 1.82) is 0 Å². The number of aromatic nitrogens is 2. The lowest BCUT2D eigenvalue weighted by atomic mass is 10.2. The second-order valence-electron chi connectivity index (χ2n) is 4.28. The number of halogens is 2. The van der Waals surface area contributed by atoms with Gasteiger partial charge in [0.2, 0.25) is 0 Å². The van der Waals surface area contributed by atoms with Crippen molar-refractivity contribution in [2.75, 3.05) is 0 Å². The Kier molecular flexibility index (Phi) is 4.80. The van der Waals surface area contributed by atoms with Gasteiger partial charge in [0.25, 0.3) is 0 Å². The van der Waals surface area contributed by atoms with Crippen LogP contribution in [0.1, 0.15) is 5.56 Å². The molecule has 0 saturated carbocycles. The van der Waals surface area contributed by atoms with Crippen LogP contribution in [0.4, 0.5) is 0 Å². The Morgan fingerprint density at radius 2 is 1.71 bits per heavy atom. The molecular weight excluding hydrogens is 343 g/mol. The molecule has 3 aromatic rings. The Morgan fingerprint density at radius 1 is 1.00 bits per heavy atom. The third kappa shape index (κ3) is 3.58. The van der Waals surface area contributed by atoms with E-state index in [1.54, 1.807) is 18.1 Å². The first-order valence-electron chi connectivity index (χ1n) is 6.17. The van der Waals surface area contributed by atoms with Crippen molar-refractivity contribution in [2.24, 2.45) is 0 Å². The molecule has 0 N–H and O–H groups in total. The molecule has 0 amide bonds. The van der Waals surface area contributed by atoms with Crippen molar-refractivity contribution < 1.29 is 0 Å². The maximum atomic E-state index is 6.17. The smallest absolute Gasteiger partial charge is 0.143 e. The van der Waals surface area contributed by atoms with Crippen LogP contribution in [0.15, 0.2) is 53.7 Å². The van der Waals surface area contributed by atoms with Crippen LogP contribution in [0.3, 0.4) is 0 Å². The van der Waals surface area contributed by atoms with E-state index in [-0.39, 0.29) is 0 Å². The largest absolute Gasteiger partial charge is 0.223 e. The summed E-state index contributed by atoms with van der Waals surface area (Å²) in [6.07, 6.45) is 1.57. The molecule has 1 heterocycles. The van der Waals surface area contributed by atoms with Gasteiger partial charge in [-0.1, -0.05) is 53.5 Å². The molecule has 2 nitrogen and oxygen atoms in total. The molecule has 0 aliphatic heterocycles. The molecule has 0 aliphatic carbocycles. The van der Waals surface area contributed by atoms with Gasteiger partial charge in [0.1, 0.15) is 11.3 Å². The van der Waals surface area contributed by atoms with Gasteiger partial charge in [0.05, 0.1) is 10.0 Å². The van der Waals surface area contributed by atoms with E-state index in [0.29, 0.717) is 10.0 Å². The van der Waals surface area contributed by atoms with Crippen LogP contribution >= 0.6 is 46.5 Å². The second-order valence-corrected chi connectivity index (χ2v) is 6.86. The molecule has 6 heteroatoms. The van der Waals surface area contributed by atoms with E-state index < -0.39 is 0 Å². The summed E-state index contributed by atoms with van der Waals surface area (Å²) in [5.41, 5.74) is 2.30. The number of rotatable bonds is 4. The van der Waals surface area contributed by atoms with Crippen molar-refractivity contribution in [3.63, 3.8) is 0 Å². The van der Waals surface area contributed by atoms with E-state index in [9.17, 15) is 0 Å². The van der Waals surface area contributed by atoms with Gasteiger partial charge in [-0.2, -0.15) is 4.37 Å². The highest BCUT2D eigenvalue weighted by molar-refractivity contribution is 7.98. The van der Waals surface area contributed by atoms with Gasteiger partial charge < -0.3 is 0 Å². The number of hydrogen-bond acceptors (Lipinski definition) is 4. The van der Waals surface area contributed by atoms with Crippen molar-refractivity contribution in [2.45, 2.75) is 10.6 Å². The zero-order chi connectivity index (χ0) is 14.7. The SMILES string of the molecule is Clc1cccc(Cl)c1SCc1ccc(-c2ncns2)cc1. The minimum absolute atomic E-state index is 0.693. The van der Waals surface area contributed by atoms with Gasteiger partial charge in [0, 0.05) is 16.2 Å². The van der Waals surface area contributed by atoms with E-state index in [1.807, 2.05) is 18.2 Å². The zero-order valence-electron chi connectivity index (χ0n) is 10.8. The first-order chi connectivity index (χ1) is 10.2. The van der Waals surface area contributed by atoms with Crippen molar-refractivity contribution in [3.05, 3.63) is 64.4 Å². The summed E-state index contributed by atoms with van der Waals surface area (Å²) in [5, 5.41) is 2.32. The molecule has 0 atom stereocenters. The fourth-order valence-corrected chi connectivity index (χ4v) is 3.99. The number of thioether (sulfide) groups is 1. The minimum atomic E-state index is 0.693. The molecule has 0 saturated heterocycles. The summed E-state index contributed by atoms with van der Waals surface area (Å²) >= 11 is 15.4. The van der Waals surface area contributed by atoms with Gasteiger partial charge in [-0.25, -0.2) is 4.98 Å². The zero-order valence-corrected chi connectivity index (χ0v) is 13.9. The first kappa shape index (κ1) is 14.9. The predicted octanol–water partition coefficient (Wildman–Crippen LogP) is 5.80. The summed E-state index contributed by atoms with van der Waals surface area (Å²) in [6.45, 7) is 0. The van der Waals surface area contributed by atoms with Crippen LogP contribution in [0, 0.1) is 0 Å². The standard InChI is InChI=1S/C15H10Cl2N2S2/c16-12-2-1-3-13(17)14(12)20-8-10-4-6-11(7-5-10)15-18-9-19-21-15/h1-7,9H,8H2. The average molecular weight is 353 g/mol. The summed E-state index contributed by atoms with van der Waals surface area (Å²) in [5.74, 6) is 0.819. The highest BCUT2D eigenvalue weighted by atomic mass is 35.5. The molecule has 0 unspecified atom stereocenters. The Hall–Kier alpha value is -1.07. The summed E-state index contributed by atoms with van der Waals surface area (Å²) in [6, 6.07) is 13.9. The van der Waals surface area contributed by atoms with Gasteiger partial charge in [-0.05, 0) is 29.2 Å². The quantitative estimate of drug-likeness (QED) is 0.554. The average Bonchev–Trinajstić information content (AvgIpc) is 3.02. The lowest BCUT2D eigenvalue weighted by Gasteiger charge is -2.07. The topological polar surface area (TPSA) is 25.8 Å². The van der Waals surface area contributed by atoms with Crippen LogP contribution in [0.25, 0.3) is 10.6 Å². The van der Waals surface area contributed by atoms with E-state index >= 15 is 0 Å². The third-order valence-corrected chi connectivity index (χ3v) is 5.64. The Morgan fingerprint density at radius 3 is 2.33 bits per heavy atom. The summed E-state index contributed by atoms with van der Waals surface area (Å²) in [4.78, 5) is 5.13. The normalized spacial score (nSPS) is 10.8. The Balaban J connectivity index is 1.71. The molecule has 0 bridgehead atoms. The maximum absolute atomic E-state index is 6.17. The fraction of sp³-hybridized carbons (Fsp3) is 0.0667. The third-order valence-electron chi connectivity index (χ3n) is 2.86. The van der Waals surface area contributed by atoms with E-state index in [4.69, 9.17) is 23.2 Å². The van der Waals surface area contributed by atoms with Crippen molar-refractivity contribution in [3.8, 4) is 10.6 Å². The van der Waals surface area contributed by atoms with Crippen LogP contribution < -0.4 is 0 Å². The highest BCUT2D eigenvalue weighted by Gasteiger charge is 2.07. The Labute approximate surface area is 141 Å². The highest BCUT2D eigenvalue weighted by Crippen LogP contribution is 2.35. The van der Waals surface area contributed by atoms with Gasteiger partial charge in [0.15, 0.2) is 0 Å². The van der Waals surface area contributed by atoms with Crippen LogP contribution in [-0.4, -0.2) is 9.36 Å². The predicted molar refractivity (Wildman–Crippen MR) is 91.4 cm³/mol. The molecule has 0 radical (unpaired) electrons. The lowest BCUT2D eigenvalue weighted by Crippen LogP contribution is -1.83. The van der Waals surface area contributed by atoms with Gasteiger partial charge in [-0.3, -0.25) is 0 Å². The lowest BCUT2D eigenvalue weighted by molar-refractivity contribution is 1.32. The molecule has 0 spiro atoms. The van der Waals surface area contributed by atoms with Crippen molar-refractivity contribution >= 4 is 46.5 Å². The summed E-state index contributed by atoms with van der Waals surface area (Å²) < 4.78 is 4.01. The molecule has 0 fully saturated rings. The Bertz CT molecular complexity index is 708. The van der Waals surface area contributed by atoms with E-state index in [2.05, 4.69) is 33.6 Å². The molecule has 21 heavy (non-hydrogen) atoms. The van der Waals surface area contributed by atoms with Gasteiger partial charge >= 0.3 is 0 Å². The molecule has 2 aromatic carbocycles. The molecule has 1 aromatic heterocycles. The number of benzene rings is 2. The monoisotopic (exact) mass is 352 g/mol. The van der Waals surface area contributed by atoms with Gasteiger partial charge in [-0.15, -0.1) is 11.8 Å². The molecular formula is C15H10Cl2N2S2. The van der Waals surface area contributed by atoms with E-state index in [1.165, 1.54) is 17.1 Å².